The topological polar surface area (TPSA) is 123 Å². The second kappa shape index (κ2) is 11.2. The van der Waals surface area contributed by atoms with Crippen LogP contribution in [0.5, 0.6) is 0 Å². The minimum atomic E-state index is -4.50. The first-order valence-corrected chi connectivity index (χ1v) is 10.8. The number of pyridine rings is 1. The monoisotopic (exact) mass is 491 g/mol. The van der Waals surface area contributed by atoms with Crippen LogP contribution in [0.1, 0.15) is 24.0 Å². The third kappa shape index (κ3) is 7.20. The molecule has 7 nitrogen and oxygen atoms in total. The van der Waals surface area contributed by atoms with Crippen molar-refractivity contribution in [2.45, 2.75) is 37.5 Å². The number of hydrogen-bond acceptors (Lipinski definition) is 5. The molecule has 0 fully saturated rings. The first-order valence-electron chi connectivity index (χ1n) is 10.8. The molecular formula is C24H25F4N5O2. The van der Waals surface area contributed by atoms with Crippen LogP contribution in [-0.4, -0.2) is 35.4 Å². The summed E-state index contributed by atoms with van der Waals surface area (Å²) in [5.74, 6) is -1.70. The zero-order valence-corrected chi connectivity index (χ0v) is 18.6. The van der Waals surface area contributed by atoms with Crippen LogP contribution in [0.2, 0.25) is 0 Å². The van der Waals surface area contributed by atoms with E-state index in [1.165, 1.54) is 42.6 Å². The Balaban J connectivity index is 1.80. The number of amides is 2. The molecule has 1 aromatic heterocycles. The predicted octanol–water partition coefficient (Wildman–Crippen LogP) is 3.12. The number of carbonyl (C=O) groups is 2. The normalized spacial score (nSPS) is 13.3. The first-order chi connectivity index (χ1) is 16.6. The Morgan fingerprint density at radius 1 is 1.03 bits per heavy atom. The van der Waals surface area contributed by atoms with E-state index in [-0.39, 0.29) is 12.1 Å². The predicted molar refractivity (Wildman–Crippen MR) is 124 cm³/mol. The maximum atomic E-state index is 13.6. The van der Waals surface area contributed by atoms with Gasteiger partial charge in [-0.3, -0.25) is 14.6 Å². The fraction of sp³-hybridized carbons (Fsp3) is 0.292. The van der Waals surface area contributed by atoms with E-state index in [0.29, 0.717) is 35.9 Å². The van der Waals surface area contributed by atoms with Crippen LogP contribution in [-0.2, 0) is 22.2 Å². The van der Waals surface area contributed by atoms with Crippen molar-refractivity contribution in [3.05, 3.63) is 71.7 Å². The van der Waals surface area contributed by atoms with Gasteiger partial charge in [0, 0.05) is 11.8 Å². The average Bonchev–Trinajstić information content (AvgIpc) is 2.81. The van der Waals surface area contributed by atoms with Crippen molar-refractivity contribution in [1.29, 1.82) is 0 Å². The number of aromatic nitrogens is 1. The fourth-order valence-electron chi connectivity index (χ4n) is 3.42. The molecular weight excluding hydrogens is 466 g/mol. The maximum Gasteiger partial charge on any atom is 0.416 e. The highest BCUT2D eigenvalue weighted by molar-refractivity contribution is 5.99. The lowest BCUT2D eigenvalue weighted by atomic mass is 10.0. The Morgan fingerprint density at radius 2 is 1.74 bits per heavy atom. The molecule has 1 heterocycles. The molecule has 0 unspecified atom stereocenters. The molecule has 3 aromatic rings. The maximum absolute atomic E-state index is 13.6. The summed E-state index contributed by atoms with van der Waals surface area (Å²) in [5.41, 5.74) is 11.7. The number of hydrogen-bond donors (Lipinski definition) is 4. The standard InChI is InChI=1S/C24H25F4N5O2/c25-17-7-8-20-15(11-17)12-18(13-31-20)32-23(35)21(33-22(34)19(30)2-1-9-29)10-14-3-5-16(6-4-14)24(26,27)28/h3-8,11-13,19,21H,1-2,9-10,29-30H2,(H,32,35)(H,33,34)/t19-,21+/m0/s1. The molecule has 2 aromatic carbocycles. The summed E-state index contributed by atoms with van der Waals surface area (Å²) in [4.78, 5) is 29.8. The van der Waals surface area contributed by atoms with Crippen LogP contribution in [0.25, 0.3) is 10.9 Å². The summed E-state index contributed by atoms with van der Waals surface area (Å²) in [6, 6.07) is 7.76. The van der Waals surface area contributed by atoms with E-state index in [1.807, 2.05) is 0 Å². The minimum Gasteiger partial charge on any atom is -0.343 e. The van der Waals surface area contributed by atoms with Crippen LogP contribution in [0.3, 0.4) is 0 Å². The number of fused-ring (bicyclic) bond motifs is 1. The van der Waals surface area contributed by atoms with Crippen molar-refractivity contribution < 1.29 is 27.2 Å². The van der Waals surface area contributed by atoms with E-state index in [0.717, 1.165) is 12.1 Å². The summed E-state index contributed by atoms with van der Waals surface area (Å²) < 4.78 is 52.2. The average molecular weight is 491 g/mol. The Hall–Kier alpha value is -3.57. The quantitative estimate of drug-likeness (QED) is 0.343. The third-order valence-electron chi connectivity index (χ3n) is 5.32. The van der Waals surface area contributed by atoms with Gasteiger partial charge < -0.3 is 22.1 Å². The van der Waals surface area contributed by atoms with Crippen molar-refractivity contribution >= 4 is 28.4 Å². The van der Waals surface area contributed by atoms with E-state index < -0.39 is 41.5 Å². The zero-order valence-electron chi connectivity index (χ0n) is 18.6. The smallest absolute Gasteiger partial charge is 0.343 e. The van der Waals surface area contributed by atoms with Gasteiger partial charge in [0.15, 0.2) is 0 Å². The summed E-state index contributed by atoms with van der Waals surface area (Å²) in [7, 11) is 0. The highest BCUT2D eigenvalue weighted by Crippen LogP contribution is 2.29. The van der Waals surface area contributed by atoms with Crippen molar-refractivity contribution in [2.24, 2.45) is 11.5 Å². The van der Waals surface area contributed by atoms with Crippen molar-refractivity contribution in [1.82, 2.24) is 10.3 Å². The van der Waals surface area contributed by atoms with E-state index in [2.05, 4.69) is 15.6 Å². The van der Waals surface area contributed by atoms with Gasteiger partial charge in [0.2, 0.25) is 11.8 Å². The third-order valence-corrected chi connectivity index (χ3v) is 5.32. The van der Waals surface area contributed by atoms with E-state index in [1.54, 1.807) is 0 Å². The lowest BCUT2D eigenvalue weighted by Gasteiger charge is -2.21. The number of halogens is 4. The van der Waals surface area contributed by atoms with E-state index in [4.69, 9.17) is 11.5 Å². The number of nitrogens with zero attached hydrogens (tertiary/aromatic N) is 1. The number of alkyl halides is 3. The molecule has 0 spiro atoms. The molecule has 35 heavy (non-hydrogen) atoms. The highest BCUT2D eigenvalue weighted by Gasteiger charge is 2.30. The molecule has 0 saturated heterocycles. The van der Waals surface area contributed by atoms with Gasteiger partial charge in [-0.25, -0.2) is 4.39 Å². The molecule has 0 bridgehead atoms. The summed E-state index contributed by atoms with van der Waals surface area (Å²) in [6.07, 6.45) is -2.40. The number of carbonyl (C=O) groups excluding carboxylic acids is 2. The van der Waals surface area contributed by atoms with Gasteiger partial charge in [-0.1, -0.05) is 12.1 Å². The summed E-state index contributed by atoms with van der Waals surface area (Å²) in [6.45, 7) is 0.339. The first kappa shape index (κ1) is 26.0. The zero-order chi connectivity index (χ0) is 25.6. The lowest BCUT2D eigenvalue weighted by molar-refractivity contribution is -0.137. The van der Waals surface area contributed by atoms with E-state index in [9.17, 15) is 27.2 Å². The molecule has 0 aliphatic rings. The second-order valence-corrected chi connectivity index (χ2v) is 8.05. The molecule has 2 atom stereocenters. The highest BCUT2D eigenvalue weighted by atomic mass is 19.4. The SMILES string of the molecule is NCCC[C@H](N)C(=O)N[C@H](Cc1ccc(C(F)(F)F)cc1)C(=O)Nc1cnc2ccc(F)cc2c1. The Bertz CT molecular complexity index is 1180. The molecule has 186 valence electrons. The largest absolute Gasteiger partial charge is 0.416 e. The number of rotatable bonds is 9. The van der Waals surface area contributed by atoms with Gasteiger partial charge in [0.1, 0.15) is 11.9 Å². The molecule has 2 amide bonds. The van der Waals surface area contributed by atoms with Gasteiger partial charge in [-0.05, 0) is 61.3 Å². The lowest BCUT2D eigenvalue weighted by Crippen LogP contribution is -2.51. The van der Waals surface area contributed by atoms with Crippen LogP contribution >= 0.6 is 0 Å². The molecule has 6 N–H and O–H groups in total. The van der Waals surface area contributed by atoms with Crippen molar-refractivity contribution in [3.8, 4) is 0 Å². The van der Waals surface area contributed by atoms with Crippen molar-refractivity contribution in [3.63, 3.8) is 0 Å². The molecule has 0 aliphatic heterocycles. The van der Waals surface area contributed by atoms with Gasteiger partial charge in [-0.2, -0.15) is 13.2 Å². The Morgan fingerprint density at radius 3 is 2.40 bits per heavy atom. The molecule has 0 saturated carbocycles. The second-order valence-electron chi connectivity index (χ2n) is 8.05. The number of anilines is 1. The number of benzene rings is 2. The van der Waals surface area contributed by atoms with Crippen molar-refractivity contribution in [2.75, 3.05) is 11.9 Å². The van der Waals surface area contributed by atoms with Gasteiger partial charge >= 0.3 is 6.18 Å². The fourth-order valence-corrected chi connectivity index (χ4v) is 3.42. The minimum absolute atomic E-state index is 0.0883. The van der Waals surface area contributed by atoms with E-state index >= 15 is 0 Å². The summed E-state index contributed by atoms with van der Waals surface area (Å²) >= 11 is 0. The van der Waals surface area contributed by atoms with Crippen LogP contribution in [0.4, 0.5) is 23.2 Å². The molecule has 11 heteroatoms. The molecule has 3 rings (SSSR count). The van der Waals surface area contributed by atoms with Crippen LogP contribution in [0, 0.1) is 5.82 Å². The van der Waals surface area contributed by atoms with Crippen LogP contribution in [0.15, 0.2) is 54.7 Å². The Labute approximate surface area is 198 Å². The van der Waals surface area contributed by atoms with Gasteiger partial charge in [0.05, 0.1) is 29.0 Å². The number of nitrogens with two attached hydrogens (primary N) is 2. The van der Waals surface area contributed by atoms with Gasteiger partial charge in [-0.15, -0.1) is 0 Å². The van der Waals surface area contributed by atoms with Gasteiger partial charge in [0.25, 0.3) is 0 Å². The Kier molecular flexibility index (Phi) is 8.36. The summed E-state index contributed by atoms with van der Waals surface area (Å²) in [5, 5.41) is 5.64. The number of nitrogens with one attached hydrogen (secondary N) is 2. The molecule has 0 radical (unpaired) electrons. The van der Waals surface area contributed by atoms with Crippen LogP contribution < -0.4 is 22.1 Å². The molecule has 0 aliphatic carbocycles.